The molecule has 106 valence electrons. The molecule has 1 saturated heterocycles. The Bertz CT molecular complexity index is 574. The Balaban J connectivity index is 1.64. The lowest BCUT2D eigenvalue weighted by atomic mass is 10.1. The molecule has 1 N–H and O–H groups in total. The summed E-state index contributed by atoms with van der Waals surface area (Å²) >= 11 is 0. The van der Waals surface area contributed by atoms with Gasteiger partial charge in [0.1, 0.15) is 17.7 Å². The van der Waals surface area contributed by atoms with Crippen molar-refractivity contribution >= 4 is 11.9 Å². The van der Waals surface area contributed by atoms with Crippen LogP contribution in [0.25, 0.3) is 0 Å². The molecule has 2 aliphatic heterocycles. The molecule has 6 heteroatoms. The monoisotopic (exact) mass is 279 g/mol. The van der Waals surface area contributed by atoms with Gasteiger partial charge >= 0.3 is 5.97 Å². The van der Waals surface area contributed by atoms with Gasteiger partial charge in [-0.3, -0.25) is 9.59 Å². The molecule has 0 aliphatic carbocycles. The highest BCUT2D eigenvalue weighted by atomic mass is 19.1. The lowest BCUT2D eigenvalue weighted by molar-refractivity contribution is -0.141. The van der Waals surface area contributed by atoms with E-state index >= 15 is 0 Å². The predicted octanol–water partition coefficient (Wildman–Crippen LogP) is 1.06. The lowest BCUT2D eigenvalue weighted by Gasteiger charge is -2.20. The van der Waals surface area contributed by atoms with Crippen LogP contribution in [0.4, 0.5) is 4.39 Å². The van der Waals surface area contributed by atoms with E-state index in [1.54, 1.807) is 6.07 Å². The van der Waals surface area contributed by atoms with Gasteiger partial charge in [0, 0.05) is 24.9 Å². The molecule has 0 radical (unpaired) electrons. The molecule has 1 aromatic carbocycles. The van der Waals surface area contributed by atoms with Crippen molar-refractivity contribution < 1.29 is 23.8 Å². The molecule has 1 fully saturated rings. The number of carboxylic acids is 1. The first-order chi connectivity index (χ1) is 9.52. The number of likely N-dealkylation sites (tertiary alicyclic amines) is 1. The summed E-state index contributed by atoms with van der Waals surface area (Å²) in [6.07, 6.45) is 0.349. The van der Waals surface area contributed by atoms with Crippen molar-refractivity contribution in [1.82, 2.24) is 4.90 Å². The summed E-state index contributed by atoms with van der Waals surface area (Å²) in [4.78, 5) is 24.2. The minimum atomic E-state index is -0.946. The Kier molecular flexibility index (Phi) is 3.08. The smallest absolute Gasteiger partial charge is 0.308 e. The first kappa shape index (κ1) is 12.9. The summed E-state index contributed by atoms with van der Waals surface area (Å²) < 4.78 is 18.8. The number of amides is 1. The number of rotatable bonds is 3. The van der Waals surface area contributed by atoms with Crippen LogP contribution in [0.5, 0.6) is 5.75 Å². The zero-order chi connectivity index (χ0) is 14.3. The van der Waals surface area contributed by atoms with Crippen molar-refractivity contribution in [3.63, 3.8) is 0 Å². The molecule has 2 unspecified atom stereocenters. The van der Waals surface area contributed by atoms with Gasteiger partial charge in [-0.05, 0) is 18.2 Å². The highest BCUT2D eigenvalue weighted by Gasteiger charge is 2.36. The van der Waals surface area contributed by atoms with Crippen LogP contribution in [-0.4, -0.2) is 41.1 Å². The van der Waals surface area contributed by atoms with E-state index < -0.39 is 11.9 Å². The quantitative estimate of drug-likeness (QED) is 0.898. The Hall–Kier alpha value is -2.11. The van der Waals surface area contributed by atoms with Gasteiger partial charge in [0.05, 0.1) is 12.5 Å². The molecule has 20 heavy (non-hydrogen) atoms. The van der Waals surface area contributed by atoms with Crippen molar-refractivity contribution in [3.05, 3.63) is 29.6 Å². The molecule has 2 heterocycles. The van der Waals surface area contributed by atoms with Crippen LogP contribution in [0.15, 0.2) is 18.2 Å². The van der Waals surface area contributed by atoms with Crippen LogP contribution in [0.1, 0.15) is 12.0 Å². The standard InChI is InChI=1S/C14H14FNO4/c15-10-1-2-12-8(3-10)4-11(20-12)7-16-6-9(14(18)19)5-13(16)17/h1-3,9,11H,4-7H2,(H,18,19). The Morgan fingerprint density at radius 1 is 1.45 bits per heavy atom. The molecular weight excluding hydrogens is 265 g/mol. The molecule has 1 aromatic rings. The van der Waals surface area contributed by atoms with Gasteiger partial charge in [-0.1, -0.05) is 0 Å². The average molecular weight is 279 g/mol. The van der Waals surface area contributed by atoms with Gasteiger partial charge in [0.2, 0.25) is 5.91 Å². The van der Waals surface area contributed by atoms with Gasteiger partial charge in [-0.15, -0.1) is 0 Å². The molecular formula is C14H14FNO4. The lowest BCUT2D eigenvalue weighted by Crippen LogP contribution is -2.36. The molecule has 2 atom stereocenters. The first-order valence-electron chi connectivity index (χ1n) is 6.48. The van der Waals surface area contributed by atoms with Crippen molar-refractivity contribution in [2.75, 3.05) is 13.1 Å². The maximum atomic E-state index is 13.1. The summed E-state index contributed by atoms with van der Waals surface area (Å²) in [5.74, 6) is -1.42. The summed E-state index contributed by atoms with van der Waals surface area (Å²) in [6, 6.07) is 4.35. The molecule has 0 spiro atoms. The predicted molar refractivity (Wildman–Crippen MR) is 66.8 cm³/mol. The van der Waals surface area contributed by atoms with Crippen molar-refractivity contribution in [2.45, 2.75) is 18.9 Å². The van der Waals surface area contributed by atoms with E-state index in [1.165, 1.54) is 17.0 Å². The third-order valence-corrected chi connectivity index (χ3v) is 3.75. The van der Waals surface area contributed by atoms with Crippen LogP contribution >= 0.6 is 0 Å². The largest absolute Gasteiger partial charge is 0.488 e. The average Bonchev–Trinajstić information content (AvgIpc) is 2.93. The molecule has 0 aromatic heterocycles. The number of carboxylic acid groups (broad SMARTS) is 1. The van der Waals surface area contributed by atoms with Gasteiger partial charge < -0.3 is 14.7 Å². The van der Waals surface area contributed by atoms with Crippen molar-refractivity contribution in [2.24, 2.45) is 5.92 Å². The first-order valence-corrected chi connectivity index (χ1v) is 6.48. The van der Waals surface area contributed by atoms with E-state index in [9.17, 15) is 14.0 Å². The number of carbonyl (C=O) groups excluding carboxylic acids is 1. The maximum Gasteiger partial charge on any atom is 0.308 e. The van der Waals surface area contributed by atoms with Gasteiger partial charge in [0.15, 0.2) is 0 Å². The van der Waals surface area contributed by atoms with E-state index in [0.717, 1.165) is 5.56 Å². The Morgan fingerprint density at radius 3 is 2.95 bits per heavy atom. The molecule has 1 amide bonds. The topological polar surface area (TPSA) is 66.8 Å². The fraction of sp³-hybridized carbons (Fsp3) is 0.429. The second-order valence-corrected chi connectivity index (χ2v) is 5.23. The van der Waals surface area contributed by atoms with E-state index in [1.807, 2.05) is 0 Å². The number of nitrogens with zero attached hydrogens (tertiary/aromatic N) is 1. The number of ether oxygens (including phenoxy) is 1. The summed E-state index contributed by atoms with van der Waals surface area (Å²) in [5, 5.41) is 8.93. The molecule has 0 bridgehead atoms. The van der Waals surface area contributed by atoms with Crippen LogP contribution in [0.3, 0.4) is 0 Å². The number of aliphatic carboxylic acids is 1. The summed E-state index contributed by atoms with van der Waals surface area (Å²) in [6.45, 7) is 0.567. The van der Waals surface area contributed by atoms with Crippen LogP contribution < -0.4 is 4.74 Å². The third kappa shape index (κ3) is 2.33. The van der Waals surface area contributed by atoms with Crippen LogP contribution in [0.2, 0.25) is 0 Å². The van der Waals surface area contributed by atoms with Crippen molar-refractivity contribution in [3.8, 4) is 5.75 Å². The van der Waals surface area contributed by atoms with E-state index in [-0.39, 0.29) is 30.8 Å². The van der Waals surface area contributed by atoms with E-state index in [4.69, 9.17) is 9.84 Å². The number of halogens is 1. The molecule has 0 saturated carbocycles. The Morgan fingerprint density at radius 2 is 2.25 bits per heavy atom. The third-order valence-electron chi connectivity index (χ3n) is 3.75. The Labute approximate surface area is 114 Å². The zero-order valence-electron chi connectivity index (χ0n) is 10.7. The summed E-state index contributed by atoms with van der Waals surface area (Å²) in [7, 11) is 0. The number of fused-ring (bicyclic) bond motifs is 1. The second-order valence-electron chi connectivity index (χ2n) is 5.23. The highest BCUT2D eigenvalue weighted by Crippen LogP contribution is 2.30. The van der Waals surface area contributed by atoms with Gasteiger partial charge in [-0.2, -0.15) is 0 Å². The number of carbonyl (C=O) groups is 2. The second kappa shape index (κ2) is 4.77. The minimum absolute atomic E-state index is 0.0453. The van der Waals surface area contributed by atoms with E-state index in [2.05, 4.69) is 0 Å². The fourth-order valence-corrected chi connectivity index (χ4v) is 2.75. The van der Waals surface area contributed by atoms with E-state index in [0.29, 0.717) is 18.7 Å². The van der Waals surface area contributed by atoms with Crippen LogP contribution in [0, 0.1) is 11.7 Å². The van der Waals surface area contributed by atoms with Gasteiger partial charge in [-0.25, -0.2) is 4.39 Å². The number of hydrogen-bond donors (Lipinski definition) is 1. The van der Waals surface area contributed by atoms with Crippen LogP contribution in [-0.2, 0) is 16.0 Å². The number of benzene rings is 1. The zero-order valence-corrected chi connectivity index (χ0v) is 10.7. The summed E-state index contributed by atoms with van der Waals surface area (Å²) in [5.41, 5.74) is 0.788. The van der Waals surface area contributed by atoms with Gasteiger partial charge in [0.25, 0.3) is 0 Å². The number of hydrogen-bond acceptors (Lipinski definition) is 3. The fourth-order valence-electron chi connectivity index (χ4n) is 2.75. The highest BCUT2D eigenvalue weighted by molar-refractivity contribution is 5.86. The maximum absolute atomic E-state index is 13.1. The van der Waals surface area contributed by atoms with Crippen molar-refractivity contribution in [1.29, 1.82) is 0 Å². The molecule has 5 nitrogen and oxygen atoms in total. The normalized spacial score (nSPS) is 24.6. The minimum Gasteiger partial charge on any atom is -0.488 e. The molecule has 3 rings (SSSR count). The SMILES string of the molecule is O=C(O)C1CC(=O)N(CC2Cc3cc(F)ccc3O2)C1. The molecule has 2 aliphatic rings.